The van der Waals surface area contributed by atoms with Gasteiger partial charge in [0.2, 0.25) is 0 Å². The van der Waals surface area contributed by atoms with Gasteiger partial charge in [-0.3, -0.25) is 0 Å². The molecule has 0 aromatic heterocycles. The number of rotatable bonds is 5. The Labute approximate surface area is 122 Å². The lowest BCUT2D eigenvalue weighted by Crippen LogP contribution is -2.11. The number of halogens is 2. The second kappa shape index (κ2) is 6.85. The zero-order chi connectivity index (χ0) is 13.7. The third kappa shape index (κ3) is 4.17. The first-order chi connectivity index (χ1) is 9.19. The highest BCUT2D eigenvalue weighted by Crippen LogP contribution is 2.20. The number of benzene rings is 2. The first-order valence-corrected chi connectivity index (χ1v) is 7.66. The summed E-state index contributed by atoms with van der Waals surface area (Å²) < 4.78 is 13.3. The maximum Gasteiger partial charge on any atom is 0.123 e. The molecule has 0 nitrogen and oxygen atoms in total. The minimum Gasteiger partial charge on any atom is -0.207 e. The summed E-state index contributed by atoms with van der Waals surface area (Å²) in [5.74, 6) is 0.344. The Morgan fingerprint density at radius 1 is 1.05 bits per heavy atom. The van der Waals surface area contributed by atoms with E-state index in [-0.39, 0.29) is 5.82 Å². The maximum absolute atomic E-state index is 13.3. The summed E-state index contributed by atoms with van der Waals surface area (Å²) >= 11 is 3.58. The minimum absolute atomic E-state index is 0.145. The molecule has 0 heterocycles. The third-order valence-electron chi connectivity index (χ3n) is 3.41. The summed E-state index contributed by atoms with van der Waals surface area (Å²) in [7, 11) is 0. The molecule has 0 fully saturated rings. The molecule has 0 saturated carbocycles. The van der Waals surface area contributed by atoms with Gasteiger partial charge in [0.25, 0.3) is 0 Å². The molecule has 0 aliphatic rings. The zero-order valence-corrected chi connectivity index (χ0v) is 12.7. The van der Waals surface area contributed by atoms with Crippen LogP contribution in [0.3, 0.4) is 0 Å². The van der Waals surface area contributed by atoms with E-state index in [0.29, 0.717) is 5.92 Å². The highest BCUT2D eigenvalue weighted by Gasteiger charge is 2.11. The van der Waals surface area contributed by atoms with Crippen LogP contribution in [0.5, 0.6) is 0 Å². The lowest BCUT2D eigenvalue weighted by Gasteiger charge is -2.16. The van der Waals surface area contributed by atoms with Gasteiger partial charge >= 0.3 is 0 Å². The molecular formula is C17H18BrF. The molecule has 0 saturated heterocycles. The zero-order valence-electron chi connectivity index (χ0n) is 11.1. The van der Waals surface area contributed by atoms with Crippen LogP contribution in [0.15, 0.2) is 48.5 Å². The highest BCUT2D eigenvalue weighted by atomic mass is 79.9. The van der Waals surface area contributed by atoms with E-state index in [1.807, 2.05) is 19.1 Å². The Bertz CT molecular complexity index is 522. The molecule has 0 aliphatic heterocycles. The Morgan fingerprint density at radius 2 is 1.79 bits per heavy atom. The monoisotopic (exact) mass is 320 g/mol. The van der Waals surface area contributed by atoms with Crippen molar-refractivity contribution in [3.8, 4) is 0 Å². The molecule has 2 rings (SSSR count). The van der Waals surface area contributed by atoms with Crippen LogP contribution in [0.4, 0.5) is 4.39 Å². The molecule has 2 aromatic carbocycles. The van der Waals surface area contributed by atoms with Crippen LogP contribution in [-0.4, -0.2) is 5.33 Å². The standard InChI is InChI=1S/C17H18BrF/c1-13-7-8-17(19)11-16(13)10-15(12-18)9-14-5-3-2-4-6-14/h2-8,11,15H,9-10,12H2,1H3. The van der Waals surface area contributed by atoms with Crippen LogP contribution in [-0.2, 0) is 12.8 Å². The SMILES string of the molecule is Cc1ccc(F)cc1CC(CBr)Cc1ccccc1. The van der Waals surface area contributed by atoms with E-state index in [1.165, 1.54) is 17.2 Å². The van der Waals surface area contributed by atoms with E-state index in [4.69, 9.17) is 0 Å². The molecule has 2 aromatic rings. The predicted octanol–water partition coefficient (Wildman–Crippen LogP) is 4.93. The van der Waals surface area contributed by atoms with Crippen LogP contribution in [0.25, 0.3) is 0 Å². The topological polar surface area (TPSA) is 0 Å². The van der Waals surface area contributed by atoms with Crippen molar-refractivity contribution >= 4 is 15.9 Å². The first-order valence-electron chi connectivity index (χ1n) is 6.54. The van der Waals surface area contributed by atoms with Gasteiger partial charge in [-0.1, -0.05) is 52.3 Å². The largest absolute Gasteiger partial charge is 0.207 e. The molecule has 0 spiro atoms. The average Bonchev–Trinajstić information content (AvgIpc) is 2.43. The smallest absolute Gasteiger partial charge is 0.123 e. The van der Waals surface area contributed by atoms with Crippen molar-refractivity contribution in [1.82, 2.24) is 0 Å². The number of aryl methyl sites for hydroxylation is 1. The number of hydrogen-bond acceptors (Lipinski definition) is 0. The molecule has 100 valence electrons. The van der Waals surface area contributed by atoms with Gasteiger partial charge in [-0.2, -0.15) is 0 Å². The fourth-order valence-electron chi connectivity index (χ4n) is 2.30. The quantitative estimate of drug-likeness (QED) is 0.685. The Morgan fingerprint density at radius 3 is 2.47 bits per heavy atom. The molecule has 0 aliphatic carbocycles. The van der Waals surface area contributed by atoms with E-state index in [2.05, 4.69) is 40.2 Å². The van der Waals surface area contributed by atoms with Crippen molar-refractivity contribution in [3.05, 3.63) is 71.0 Å². The van der Waals surface area contributed by atoms with E-state index in [9.17, 15) is 4.39 Å². The summed E-state index contributed by atoms with van der Waals surface area (Å²) in [6.45, 7) is 2.04. The van der Waals surface area contributed by atoms with Crippen LogP contribution in [0.2, 0.25) is 0 Å². The van der Waals surface area contributed by atoms with E-state index in [1.54, 1.807) is 6.07 Å². The molecule has 0 bridgehead atoms. The summed E-state index contributed by atoms with van der Waals surface area (Å²) in [6, 6.07) is 15.5. The van der Waals surface area contributed by atoms with Gasteiger partial charge in [0, 0.05) is 5.33 Å². The van der Waals surface area contributed by atoms with Crippen molar-refractivity contribution in [2.75, 3.05) is 5.33 Å². The molecular weight excluding hydrogens is 303 g/mol. The molecule has 1 atom stereocenters. The summed E-state index contributed by atoms with van der Waals surface area (Å²) in [6.07, 6.45) is 1.92. The van der Waals surface area contributed by atoms with Gasteiger partial charge in [-0.25, -0.2) is 4.39 Å². The lowest BCUT2D eigenvalue weighted by molar-refractivity contribution is 0.580. The second-order valence-electron chi connectivity index (χ2n) is 4.98. The van der Waals surface area contributed by atoms with Crippen LogP contribution >= 0.6 is 15.9 Å². The highest BCUT2D eigenvalue weighted by molar-refractivity contribution is 9.09. The number of hydrogen-bond donors (Lipinski definition) is 0. The van der Waals surface area contributed by atoms with Crippen LogP contribution in [0.1, 0.15) is 16.7 Å². The van der Waals surface area contributed by atoms with E-state index < -0.39 is 0 Å². The van der Waals surface area contributed by atoms with Crippen molar-refractivity contribution in [1.29, 1.82) is 0 Å². The van der Waals surface area contributed by atoms with Crippen molar-refractivity contribution in [2.45, 2.75) is 19.8 Å². The fraction of sp³-hybridized carbons (Fsp3) is 0.294. The van der Waals surface area contributed by atoms with Crippen molar-refractivity contribution in [3.63, 3.8) is 0 Å². The van der Waals surface area contributed by atoms with Gasteiger partial charge in [0.05, 0.1) is 0 Å². The van der Waals surface area contributed by atoms with Gasteiger partial charge < -0.3 is 0 Å². The normalized spacial score (nSPS) is 12.4. The molecule has 0 N–H and O–H groups in total. The van der Waals surface area contributed by atoms with Gasteiger partial charge in [0.1, 0.15) is 5.82 Å². The van der Waals surface area contributed by atoms with E-state index >= 15 is 0 Å². The molecule has 1 unspecified atom stereocenters. The Hall–Kier alpha value is -1.15. The predicted molar refractivity (Wildman–Crippen MR) is 82.3 cm³/mol. The second-order valence-corrected chi connectivity index (χ2v) is 5.63. The number of alkyl halides is 1. The third-order valence-corrected chi connectivity index (χ3v) is 4.32. The fourth-order valence-corrected chi connectivity index (χ4v) is 2.76. The average molecular weight is 321 g/mol. The molecule has 0 amide bonds. The molecule has 0 radical (unpaired) electrons. The first kappa shape index (κ1) is 14.3. The van der Waals surface area contributed by atoms with Crippen molar-refractivity contribution in [2.24, 2.45) is 5.92 Å². The van der Waals surface area contributed by atoms with Crippen molar-refractivity contribution < 1.29 is 4.39 Å². The van der Waals surface area contributed by atoms with Gasteiger partial charge in [-0.05, 0) is 54.5 Å². The summed E-state index contributed by atoms with van der Waals surface area (Å²) in [4.78, 5) is 0. The van der Waals surface area contributed by atoms with Gasteiger partial charge in [-0.15, -0.1) is 0 Å². The molecule has 19 heavy (non-hydrogen) atoms. The summed E-state index contributed by atoms with van der Waals surface area (Å²) in [5, 5.41) is 0.928. The Kier molecular flexibility index (Phi) is 5.15. The summed E-state index contributed by atoms with van der Waals surface area (Å²) in [5.41, 5.74) is 3.61. The Balaban J connectivity index is 2.09. The van der Waals surface area contributed by atoms with Crippen LogP contribution in [0, 0.1) is 18.7 Å². The van der Waals surface area contributed by atoms with E-state index in [0.717, 1.165) is 23.7 Å². The van der Waals surface area contributed by atoms with Crippen LogP contribution < -0.4 is 0 Å². The van der Waals surface area contributed by atoms with Gasteiger partial charge in [0.15, 0.2) is 0 Å². The minimum atomic E-state index is -0.145. The molecule has 2 heteroatoms. The lowest BCUT2D eigenvalue weighted by atomic mass is 9.92. The maximum atomic E-state index is 13.3.